The van der Waals surface area contributed by atoms with Gasteiger partial charge in [0.1, 0.15) is 0 Å². The van der Waals surface area contributed by atoms with Gasteiger partial charge in [-0.2, -0.15) is 0 Å². The standard InChI is InChI=1S/C23H28O4/c1-2-22-9-7-16-15-6-4-14(24)11-13(15)3-5-17(16)21(22)18-12-19(18)23(22,27)10-8-20(25)26/h3,5,8,10-11,15-19,21,27H,2,4,6-7,9,12H2,1H3,(H,25,26)/b10-8-/t15-,16+,17+,18+,19-,21+,22-,23-/m0/s1. The van der Waals surface area contributed by atoms with Gasteiger partial charge in [0.05, 0.1) is 5.60 Å². The van der Waals surface area contributed by atoms with E-state index >= 15 is 0 Å². The topological polar surface area (TPSA) is 74.6 Å². The van der Waals surface area contributed by atoms with Crippen molar-refractivity contribution in [2.45, 2.75) is 51.0 Å². The lowest BCUT2D eigenvalue weighted by Gasteiger charge is -2.56. The van der Waals surface area contributed by atoms with Gasteiger partial charge in [-0.1, -0.05) is 19.1 Å². The number of carbonyl (C=O) groups is 2. The number of aliphatic hydroxyl groups is 1. The molecule has 144 valence electrons. The highest BCUT2D eigenvalue weighted by atomic mass is 16.4. The summed E-state index contributed by atoms with van der Waals surface area (Å²) in [7, 11) is 0. The van der Waals surface area contributed by atoms with E-state index in [1.807, 2.05) is 6.08 Å². The fourth-order valence-corrected chi connectivity index (χ4v) is 7.67. The zero-order valence-electron chi connectivity index (χ0n) is 15.8. The van der Waals surface area contributed by atoms with Crippen LogP contribution in [0.1, 0.15) is 45.4 Å². The van der Waals surface area contributed by atoms with E-state index in [2.05, 4.69) is 19.1 Å². The maximum absolute atomic E-state index is 11.8. The van der Waals surface area contributed by atoms with E-state index in [1.54, 1.807) is 6.08 Å². The largest absolute Gasteiger partial charge is 0.478 e. The van der Waals surface area contributed by atoms with E-state index in [1.165, 1.54) is 5.57 Å². The third-order valence-corrected chi connectivity index (χ3v) is 8.73. The molecule has 3 fully saturated rings. The number of hydrogen-bond donors (Lipinski definition) is 2. The van der Waals surface area contributed by atoms with Gasteiger partial charge in [-0.3, -0.25) is 4.79 Å². The molecule has 0 bridgehead atoms. The first-order chi connectivity index (χ1) is 12.9. The second-order valence-corrected chi connectivity index (χ2v) is 9.43. The zero-order valence-corrected chi connectivity index (χ0v) is 15.8. The van der Waals surface area contributed by atoms with Gasteiger partial charge in [-0.15, -0.1) is 0 Å². The van der Waals surface area contributed by atoms with Crippen molar-refractivity contribution in [2.75, 3.05) is 0 Å². The summed E-state index contributed by atoms with van der Waals surface area (Å²) < 4.78 is 0. The molecular formula is C23H28O4. The Kier molecular flexibility index (Phi) is 3.65. The van der Waals surface area contributed by atoms with Crippen molar-refractivity contribution in [3.63, 3.8) is 0 Å². The van der Waals surface area contributed by atoms with E-state index in [9.17, 15) is 14.7 Å². The Bertz CT molecular complexity index is 792. The molecule has 0 spiro atoms. The number of rotatable bonds is 3. The second-order valence-electron chi connectivity index (χ2n) is 9.43. The van der Waals surface area contributed by atoms with E-state index in [0.29, 0.717) is 36.0 Å². The molecule has 8 atom stereocenters. The van der Waals surface area contributed by atoms with Crippen LogP contribution in [0.2, 0.25) is 0 Å². The minimum absolute atomic E-state index is 0.204. The third-order valence-electron chi connectivity index (χ3n) is 8.73. The first-order valence-corrected chi connectivity index (χ1v) is 10.5. The summed E-state index contributed by atoms with van der Waals surface area (Å²) in [6.45, 7) is 2.16. The summed E-state index contributed by atoms with van der Waals surface area (Å²) in [6.07, 6.45) is 14.6. The van der Waals surface area contributed by atoms with Gasteiger partial charge < -0.3 is 10.2 Å². The smallest absolute Gasteiger partial charge is 0.328 e. The zero-order chi connectivity index (χ0) is 19.0. The van der Waals surface area contributed by atoms with Crippen LogP contribution in [0.25, 0.3) is 0 Å². The molecule has 0 aliphatic heterocycles. The quantitative estimate of drug-likeness (QED) is 0.748. The van der Waals surface area contributed by atoms with Crippen LogP contribution in [0.4, 0.5) is 0 Å². The number of allylic oxidation sites excluding steroid dienone is 4. The van der Waals surface area contributed by atoms with Crippen LogP contribution in [0.3, 0.4) is 0 Å². The Morgan fingerprint density at radius 3 is 2.89 bits per heavy atom. The van der Waals surface area contributed by atoms with Gasteiger partial charge in [-0.25, -0.2) is 4.79 Å². The molecule has 0 unspecified atom stereocenters. The number of aliphatic carboxylic acids is 1. The monoisotopic (exact) mass is 368 g/mol. The third kappa shape index (κ3) is 2.19. The number of carbonyl (C=O) groups excluding carboxylic acids is 1. The molecule has 5 aliphatic carbocycles. The van der Waals surface area contributed by atoms with E-state index in [0.717, 1.165) is 38.2 Å². The highest BCUT2D eigenvalue weighted by Gasteiger charge is 2.75. The van der Waals surface area contributed by atoms with Crippen LogP contribution >= 0.6 is 0 Å². The molecular weight excluding hydrogens is 340 g/mol. The fourth-order valence-electron chi connectivity index (χ4n) is 7.67. The molecule has 0 aromatic carbocycles. The van der Waals surface area contributed by atoms with Gasteiger partial charge >= 0.3 is 5.97 Å². The van der Waals surface area contributed by atoms with E-state index < -0.39 is 11.6 Å². The SMILES string of the molecule is CC[C@]12CC[C@H]3[C@@H](C=CC4=CC(=O)CC[C@@H]43)[C@@H]1[C@@H]1C[C@@H]1[C@@]2(O)/C=C\C(=O)O. The van der Waals surface area contributed by atoms with Crippen LogP contribution in [0.15, 0.2) is 36.0 Å². The Balaban J connectivity index is 1.55. The molecule has 0 aromatic rings. The maximum Gasteiger partial charge on any atom is 0.328 e. The van der Waals surface area contributed by atoms with Crippen LogP contribution in [0, 0.1) is 40.9 Å². The molecule has 0 amide bonds. The van der Waals surface area contributed by atoms with Gasteiger partial charge in [0, 0.05) is 17.9 Å². The number of fused-ring (bicyclic) bond motifs is 7. The number of ketones is 1. The average molecular weight is 368 g/mol. The molecule has 5 aliphatic rings. The van der Waals surface area contributed by atoms with Crippen molar-refractivity contribution in [3.05, 3.63) is 36.0 Å². The average Bonchev–Trinajstić information content (AvgIpc) is 3.41. The van der Waals surface area contributed by atoms with Crippen molar-refractivity contribution in [1.82, 2.24) is 0 Å². The summed E-state index contributed by atoms with van der Waals surface area (Å²) in [6, 6.07) is 0. The van der Waals surface area contributed by atoms with Crippen molar-refractivity contribution >= 4 is 11.8 Å². The molecule has 0 heterocycles. The minimum atomic E-state index is -0.993. The van der Waals surface area contributed by atoms with Crippen LogP contribution in [0.5, 0.6) is 0 Å². The lowest BCUT2D eigenvalue weighted by atomic mass is 9.49. The molecule has 0 saturated heterocycles. The lowest BCUT2D eigenvalue weighted by molar-refractivity contribution is -0.132. The Morgan fingerprint density at radius 2 is 2.15 bits per heavy atom. The second kappa shape index (κ2) is 5.66. The summed E-state index contributed by atoms with van der Waals surface area (Å²) in [4.78, 5) is 23.0. The van der Waals surface area contributed by atoms with Gasteiger partial charge in [0.2, 0.25) is 0 Å². The van der Waals surface area contributed by atoms with Crippen molar-refractivity contribution in [3.8, 4) is 0 Å². The van der Waals surface area contributed by atoms with Crippen molar-refractivity contribution < 1.29 is 19.8 Å². The summed E-state index contributed by atoms with van der Waals surface area (Å²) in [5.41, 5.74) is -0.000635. The molecule has 4 heteroatoms. The molecule has 5 rings (SSSR count). The van der Waals surface area contributed by atoms with Gasteiger partial charge in [-0.05, 0) is 85.3 Å². The van der Waals surface area contributed by atoms with Crippen molar-refractivity contribution in [2.24, 2.45) is 40.9 Å². The molecule has 0 aromatic heterocycles. The predicted molar refractivity (Wildman–Crippen MR) is 101 cm³/mol. The summed E-state index contributed by atoms with van der Waals surface area (Å²) >= 11 is 0. The fraction of sp³-hybridized carbons (Fsp3) is 0.652. The van der Waals surface area contributed by atoms with E-state index in [4.69, 9.17) is 5.11 Å². The Hall–Kier alpha value is -1.68. The Labute approximate surface area is 160 Å². The number of carboxylic acid groups (broad SMARTS) is 1. The molecule has 3 saturated carbocycles. The highest BCUT2D eigenvalue weighted by Crippen LogP contribution is 2.76. The van der Waals surface area contributed by atoms with Crippen LogP contribution in [-0.4, -0.2) is 27.6 Å². The predicted octanol–water partition coefficient (Wildman–Crippen LogP) is 3.52. The molecule has 2 N–H and O–H groups in total. The number of hydrogen-bond acceptors (Lipinski definition) is 3. The van der Waals surface area contributed by atoms with Crippen LogP contribution in [-0.2, 0) is 9.59 Å². The first kappa shape index (κ1) is 17.4. The van der Waals surface area contributed by atoms with Crippen LogP contribution < -0.4 is 0 Å². The highest BCUT2D eigenvalue weighted by molar-refractivity contribution is 5.92. The normalized spacial score (nSPS) is 49.9. The molecule has 0 radical (unpaired) electrons. The van der Waals surface area contributed by atoms with E-state index in [-0.39, 0.29) is 17.1 Å². The first-order valence-electron chi connectivity index (χ1n) is 10.5. The maximum atomic E-state index is 11.8. The molecule has 4 nitrogen and oxygen atoms in total. The summed E-state index contributed by atoms with van der Waals surface area (Å²) in [5, 5.41) is 20.9. The number of carboxylic acids is 1. The lowest BCUT2D eigenvalue weighted by Crippen LogP contribution is -2.55. The van der Waals surface area contributed by atoms with Gasteiger partial charge in [0.25, 0.3) is 0 Å². The molecule has 27 heavy (non-hydrogen) atoms. The summed E-state index contributed by atoms with van der Waals surface area (Å²) in [5.74, 6) is 1.87. The van der Waals surface area contributed by atoms with Gasteiger partial charge in [0.15, 0.2) is 5.78 Å². The van der Waals surface area contributed by atoms with Crippen molar-refractivity contribution in [1.29, 1.82) is 0 Å². The minimum Gasteiger partial charge on any atom is -0.478 e. The Morgan fingerprint density at radius 1 is 1.33 bits per heavy atom.